The number of carbonyl (C=O) groups is 1. The molecule has 2 atom stereocenters. The van der Waals surface area contributed by atoms with Gasteiger partial charge in [-0.1, -0.05) is 30.3 Å². The molecule has 0 aromatic heterocycles. The van der Waals surface area contributed by atoms with Gasteiger partial charge in [0, 0.05) is 0 Å². The van der Waals surface area contributed by atoms with Crippen LogP contribution < -0.4 is 16.8 Å². The Morgan fingerprint density at radius 1 is 1.32 bits per heavy atom. The lowest BCUT2D eigenvalue weighted by molar-refractivity contribution is -0.123. The van der Waals surface area contributed by atoms with Crippen molar-refractivity contribution in [3.8, 4) is 0 Å². The molecule has 0 fully saturated rings. The highest BCUT2D eigenvalue weighted by Crippen LogP contribution is 2.03. The zero-order valence-electron chi connectivity index (χ0n) is 11.1. The number of amides is 1. The SMILES string of the molecule is NCCC[C@@H](CO)NC(=O)[C@@H](N)Cc1ccccc1. The Morgan fingerprint density at radius 3 is 2.58 bits per heavy atom. The van der Waals surface area contributed by atoms with Crippen molar-refractivity contribution < 1.29 is 9.90 Å². The topological polar surface area (TPSA) is 101 Å². The Labute approximate surface area is 114 Å². The smallest absolute Gasteiger partial charge is 0.237 e. The first-order chi connectivity index (χ1) is 9.17. The third-order valence-corrected chi connectivity index (χ3v) is 2.96. The average molecular weight is 265 g/mol. The van der Waals surface area contributed by atoms with Gasteiger partial charge in [0.05, 0.1) is 18.7 Å². The fourth-order valence-corrected chi connectivity index (χ4v) is 1.84. The van der Waals surface area contributed by atoms with Gasteiger partial charge in [0.15, 0.2) is 0 Å². The molecule has 0 aliphatic carbocycles. The van der Waals surface area contributed by atoms with Gasteiger partial charge in [0.1, 0.15) is 0 Å². The highest BCUT2D eigenvalue weighted by molar-refractivity contribution is 5.82. The predicted octanol–water partition coefficient (Wildman–Crippen LogP) is -0.228. The quantitative estimate of drug-likeness (QED) is 0.521. The lowest BCUT2D eigenvalue weighted by atomic mass is 10.1. The van der Waals surface area contributed by atoms with Crippen LogP contribution in [0, 0.1) is 0 Å². The second-order valence-electron chi connectivity index (χ2n) is 4.62. The van der Waals surface area contributed by atoms with Crippen molar-refractivity contribution in [1.29, 1.82) is 0 Å². The molecule has 0 radical (unpaired) electrons. The van der Waals surface area contributed by atoms with Crippen LogP contribution in [-0.2, 0) is 11.2 Å². The Hall–Kier alpha value is -1.43. The minimum absolute atomic E-state index is 0.0935. The van der Waals surface area contributed by atoms with Crippen molar-refractivity contribution in [2.45, 2.75) is 31.3 Å². The fourth-order valence-electron chi connectivity index (χ4n) is 1.84. The van der Waals surface area contributed by atoms with Crippen LogP contribution >= 0.6 is 0 Å². The number of nitrogens with two attached hydrogens (primary N) is 2. The summed E-state index contributed by atoms with van der Waals surface area (Å²) in [5.74, 6) is -0.236. The Bertz CT molecular complexity index is 370. The summed E-state index contributed by atoms with van der Waals surface area (Å²) in [6.45, 7) is 0.451. The molecule has 0 unspecified atom stereocenters. The maximum absolute atomic E-state index is 11.9. The molecule has 19 heavy (non-hydrogen) atoms. The summed E-state index contributed by atoms with van der Waals surface area (Å²) in [6.07, 6.45) is 1.91. The molecule has 5 heteroatoms. The fraction of sp³-hybridized carbons (Fsp3) is 0.500. The Kier molecular flexibility index (Phi) is 7.10. The molecule has 0 heterocycles. The van der Waals surface area contributed by atoms with Gasteiger partial charge in [-0.3, -0.25) is 4.79 Å². The van der Waals surface area contributed by atoms with E-state index >= 15 is 0 Å². The van der Waals surface area contributed by atoms with E-state index in [1.807, 2.05) is 30.3 Å². The van der Waals surface area contributed by atoms with E-state index in [9.17, 15) is 9.90 Å². The van der Waals surface area contributed by atoms with Crippen molar-refractivity contribution in [2.24, 2.45) is 11.5 Å². The minimum atomic E-state index is -0.602. The summed E-state index contributed by atoms with van der Waals surface area (Å²) in [5, 5.41) is 11.9. The summed E-state index contributed by atoms with van der Waals surface area (Å²) in [7, 11) is 0. The summed E-state index contributed by atoms with van der Waals surface area (Å²) in [5.41, 5.74) is 12.3. The van der Waals surface area contributed by atoms with Gasteiger partial charge in [0.2, 0.25) is 5.91 Å². The number of hydrogen-bond acceptors (Lipinski definition) is 4. The van der Waals surface area contributed by atoms with E-state index in [0.717, 1.165) is 12.0 Å². The van der Waals surface area contributed by atoms with Crippen molar-refractivity contribution in [2.75, 3.05) is 13.2 Å². The number of aliphatic hydroxyl groups is 1. The van der Waals surface area contributed by atoms with Gasteiger partial charge in [0.25, 0.3) is 0 Å². The molecule has 1 aromatic rings. The van der Waals surface area contributed by atoms with E-state index < -0.39 is 6.04 Å². The zero-order chi connectivity index (χ0) is 14.1. The number of rotatable bonds is 8. The largest absolute Gasteiger partial charge is 0.394 e. The molecule has 5 nitrogen and oxygen atoms in total. The molecule has 0 bridgehead atoms. The third kappa shape index (κ3) is 5.83. The Morgan fingerprint density at radius 2 is 2.00 bits per heavy atom. The van der Waals surface area contributed by atoms with Crippen molar-refractivity contribution in [3.63, 3.8) is 0 Å². The van der Waals surface area contributed by atoms with Crippen LogP contribution in [0.2, 0.25) is 0 Å². The molecule has 1 aromatic carbocycles. The molecule has 0 aliphatic heterocycles. The highest BCUT2D eigenvalue weighted by atomic mass is 16.3. The number of nitrogens with one attached hydrogen (secondary N) is 1. The highest BCUT2D eigenvalue weighted by Gasteiger charge is 2.17. The summed E-state index contributed by atoms with van der Waals surface area (Å²) < 4.78 is 0. The lowest BCUT2D eigenvalue weighted by Crippen LogP contribution is -2.47. The van der Waals surface area contributed by atoms with Crippen LogP contribution in [-0.4, -0.2) is 36.2 Å². The number of carbonyl (C=O) groups excluding carboxylic acids is 1. The van der Waals surface area contributed by atoms with E-state index in [-0.39, 0.29) is 18.6 Å². The summed E-state index contributed by atoms with van der Waals surface area (Å²) in [6, 6.07) is 8.75. The molecular formula is C14H23N3O2. The van der Waals surface area contributed by atoms with E-state index in [2.05, 4.69) is 5.32 Å². The minimum Gasteiger partial charge on any atom is -0.394 e. The number of benzene rings is 1. The van der Waals surface area contributed by atoms with Gasteiger partial charge in [-0.05, 0) is 31.4 Å². The van der Waals surface area contributed by atoms with Crippen molar-refractivity contribution in [3.05, 3.63) is 35.9 Å². The first-order valence-electron chi connectivity index (χ1n) is 6.58. The van der Waals surface area contributed by atoms with Gasteiger partial charge in [-0.15, -0.1) is 0 Å². The van der Waals surface area contributed by atoms with Crippen LogP contribution in [0.5, 0.6) is 0 Å². The molecule has 6 N–H and O–H groups in total. The zero-order valence-corrected chi connectivity index (χ0v) is 11.1. The monoisotopic (exact) mass is 265 g/mol. The van der Waals surface area contributed by atoms with Crippen molar-refractivity contribution >= 4 is 5.91 Å². The predicted molar refractivity (Wildman–Crippen MR) is 75.4 cm³/mol. The second-order valence-corrected chi connectivity index (χ2v) is 4.62. The van der Waals surface area contributed by atoms with Crippen LogP contribution in [0.4, 0.5) is 0 Å². The third-order valence-electron chi connectivity index (χ3n) is 2.96. The van der Waals surface area contributed by atoms with E-state index in [0.29, 0.717) is 19.4 Å². The second kappa shape index (κ2) is 8.63. The molecular weight excluding hydrogens is 242 g/mol. The molecule has 0 aliphatic rings. The molecule has 1 amide bonds. The van der Waals surface area contributed by atoms with Gasteiger partial charge < -0.3 is 21.9 Å². The number of hydrogen-bond donors (Lipinski definition) is 4. The molecule has 0 spiro atoms. The first-order valence-corrected chi connectivity index (χ1v) is 6.58. The van der Waals surface area contributed by atoms with E-state index in [4.69, 9.17) is 11.5 Å². The van der Waals surface area contributed by atoms with Crippen LogP contribution in [0.15, 0.2) is 30.3 Å². The average Bonchev–Trinajstić information content (AvgIpc) is 2.44. The van der Waals surface area contributed by atoms with Crippen LogP contribution in [0.25, 0.3) is 0 Å². The van der Waals surface area contributed by atoms with E-state index in [1.165, 1.54) is 0 Å². The normalized spacial score (nSPS) is 13.8. The maximum Gasteiger partial charge on any atom is 0.237 e. The molecule has 0 saturated heterocycles. The molecule has 106 valence electrons. The summed E-state index contributed by atoms with van der Waals surface area (Å²) >= 11 is 0. The van der Waals surface area contributed by atoms with Crippen LogP contribution in [0.3, 0.4) is 0 Å². The van der Waals surface area contributed by atoms with Crippen LogP contribution in [0.1, 0.15) is 18.4 Å². The standard InChI is InChI=1S/C14H23N3O2/c15-8-4-7-12(10-18)17-14(19)13(16)9-11-5-2-1-3-6-11/h1-3,5-6,12-13,18H,4,7-10,15-16H2,(H,17,19)/t12-,13-/m0/s1. The maximum atomic E-state index is 11.9. The van der Waals surface area contributed by atoms with E-state index in [1.54, 1.807) is 0 Å². The first kappa shape index (κ1) is 15.6. The van der Waals surface area contributed by atoms with Gasteiger partial charge in [-0.2, -0.15) is 0 Å². The number of aliphatic hydroxyl groups excluding tert-OH is 1. The summed E-state index contributed by atoms with van der Waals surface area (Å²) in [4.78, 5) is 11.9. The lowest BCUT2D eigenvalue weighted by Gasteiger charge is -2.19. The van der Waals surface area contributed by atoms with Gasteiger partial charge >= 0.3 is 0 Å². The Balaban J connectivity index is 2.43. The van der Waals surface area contributed by atoms with Gasteiger partial charge in [-0.25, -0.2) is 0 Å². The van der Waals surface area contributed by atoms with Crippen molar-refractivity contribution in [1.82, 2.24) is 5.32 Å². The molecule has 1 rings (SSSR count). The molecule has 0 saturated carbocycles.